The van der Waals surface area contributed by atoms with Crippen LogP contribution in [0.5, 0.6) is 11.5 Å². The summed E-state index contributed by atoms with van der Waals surface area (Å²) in [6.07, 6.45) is 7.54. The van der Waals surface area contributed by atoms with E-state index in [1.165, 1.54) is 46.8 Å². The fourth-order valence-electron chi connectivity index (χ4n) is 5.91. The van der Waals surface area contributed by atoms with E-state index in [0.717, 1.165) is 68.5 Å². The van der Waals surface area contributed by atoms with Crippen LogP contribution in [0.1, 0.15) is 67.8 Å². The predicted molar refractivity (Wildman–Crippen MR) is 228 cm³/mol. The van der Waals surface area contributed by atoms with E-state index in [1.807, 2.05) is 62.6 Å². The number of hydrogen-bond acceptors (Lipinski definition) is 11. The summed E-state index contributed by atoms with van der Waals surface area (Å²) in [7, 11) is 0. The molecule has 0 atom stereocenters. The number of rotatable bonds is 14. The quantitative estimate of drug-likeness (QED) is 0.0982. The lowest BCUT2D eigenvalue weighted by atomic mass is 10.1. The topological polar surface area (TPSA) is 142 Å². The highest BCUT2D eigenvalue weighted by Crippen LogP contribution is 2.29. The van der Waals surface area contributed by atoms with Gasteiger partial charge in [0.05, 0.1) is 37.8 Å². The number of carbonyl (C=O) groups is 2. The lowest BCUT2D eigenvalue weighted by molar-refractivity contribution is 0.0346. The van der Waals surface area contributed by atoms with Crippen LogP contribution < -0.4 is 30.7 Å². The van der Waals surface area contributed by atoms with Crippen molar-refractivity contribution in [3.63, 3.8) is 0 Å². The zero-order valence-electron chi connectivity index (χ0n) is 33.6. The zero-order chi connectivity index (χ0) is 39.9. The van der Waals surface area contributed by atoms with Gasteiger partial charge in [-0.25, -0.2) is 19.6 Å². The summed E-state index contributed by atoms with van der Waals surface area (Å²) in [5, 5.41) is 12.6. The van der Waals surface area contributed by atoms with Gasteiger partial charge in [0.2, 0.25) is 0 Å². The minimum absolute atomic E-state index is 0.308. The summed E-state index contributed by atoms with van der Waals surface area (Å²) < 4.78 is 17.1. The van der Waals surface area contributed by atoms with E-state index in [9.17, 15) is 9.59 Å². The van der Waals surface area contributed by atoms with Gasteiger partial charge in [-0.15, -0.1) is 22.7 Å². The van der Waals surface area contributed by atoms with Gasteiger partial charge in [-0.05, 0) is 87.0 Å². The molecule has 0 spiro atoms. The van der Waals surface area contributed by atoms with Crippen LogP contribution in [0, 0.1) is 25.7 Å². The fourth-order valence-corrected chi connectivity index (χ4v) is 7.61. The predicted octanol–water partition coefficient (Wildman–Crippen LogP) is 9.08. The van der Waals surface area contributed by atoms with Gasteiger partial charge in [0, 0.05) is 48.3 Å². The van der Waals surface area contributed by atoms with E-state index >= 15 is 0 Å². The number of aromatic nitrogens is 2. The van der Waals surface area contributed by atoms with Crippen molar-refractivity contribution in [1.82, 2.24) is 19.8 Å². The van der Waals surface area contributed by atoms with Crippen LogP contribution in [-0.4, -0.2) is 84.4 Å². The first kappa shape index (κ1) is 42.9. The van der Waals surface area contributed by atoms with E-state index in [2.05, 4.69) is 68.7 Å². The zero-order valence-corrected chi connectivity index (χ0v) is 35.2. The summed E-state index contributed by atoms with van der Waals surface area (Å²) in [5.41, 5.74) is 3.48. The van der Waals surface area contributed by atoms with E-state index in [-0.39, 0.29) is 12.1 Å². The number of anilines is 4. The van der Waals surface area contributed by atoms with Gasteiger partial charge in [0.1, 0.15) is 11.5 Å². The summed E-state index contributed by atoms with van der Waals surface area (Å²) in [6, 6.07) is 10.9. The van der Waals surface area contributed by atoms with Crippen molar-refractivity contribution in [3.05, 3.63) is 69.7 Å². The maximum atomic E-state index is 12.4. The van der Waals surface area contributed by atoms with Gasteiger partial charge in [0.15, 0.2) is 10.3 Å². The van der Waals surface area contributed by atoms with Crippen LogP contribution in [-0.2, 0) is 17.8 Å². The highest BCUT2D eigenvalue weighted by Gasteiger charge is 2.16. The van der Waals surface area contributed by atoms with Crippen LogP contribution in [0.3, 0.4) is 0 Å². The number of carbonyl (C=O) groups excluding carboxylic acids is 2. The van der Waals surface area contributed by atoms with Gasteiger partial charge < -0.3 is 24.8 Å². The molecule has 0 bridgehead atoms. The standard InChI is InChI=1S/C21H30N4O2S.C20H28N4O3S/c1-15(2)14-27-19-11-16(3)7-8-18(19)23-20(26)24-21-22-12-17(28-21)13-25-9-5-4-6-10-25;1-14(2)13-27-18-10-15(3)4-5-17(18)22-19(25)23-20-21-11-16(28-20)12-24-6-8-26-9-7-24/h7-8,11-12,15H,4-6,9-10,13-14H2,1-3H3,(H2,22,23,24,26);4-5,10-11,14H,6-9,12-13H2,1-3H3,(H2,21,22,23,25). The Balaban J connectivity index is 0.000000214. The molecule has 2 aliphatic rings. The Kier molecular flexibility index (Phi) is 16.7. The Labute approximate surface area is 339 Å². The molecule has 0 aliphatic carbocycles. The molecule has 2 fully saturated rings. The van der Waals surface area contributed by atoms with Gasteiger partial charge in [-0.2, -0.15) is 0 Å². The fraction of sp³-hybridized carbons (Fsp3) is 0.512. The first-order valence-electron chi connectivity index (χ1n) is 19.5. The minimum Gasteiger partial charge on any atom is -0.491 e. The van der Waals surface area contributed by atoms with Crippen LogP contribution in [0.4, 0.5) is 31.2 Å². The van der Waals surface area contributed by atoms with E-state index in [1.54, 1.807) is 0 Å². The Bertz CT molecular complexity index is 1700. The summed E-state index contributed by atoms with van der Waals surface area (Å²) in [6.45, 7) is 21.0. The first-order chi connectivity index (χ1) is 27.0. The monoisotopic (exact) mass is 806 g/mol. The summed E-state index contributed by atoms with van der Waals surface area (Å²) in [4.78, 5) is 40.6. The molecule has 4 amide bonds. The van der Waals surface area contributed by atoms with Crippen molar-refractivity contribution < 1.29 is 23.8 Å². The number of likely N-dealkylation sites (tertiary alicyclic amines) is 1. The molecule has 0 saturated carbocycles. The number of piperidine rings is 1. The Morgan fingerprint density at radius 1 is 0.679 bits per heavy atom. The molecule has 13 nitrogen and oxygen atoms in total. The highest BCUT2D eigenvalue weighted by molar-refractivity contribution is 7.16. The average Bonchev–Trinajstić information content (AvgIpc) is 3.81. The largest absolute Gasteiger partial charge is 0.491 e. The number of aryl methyl sites for hydroxylation is 2. The maximum Gasteiger partial charge on any atom is 0.325 e. The molecular weight excluding hydrogens is 749 g/mol. The number of hydrogen-bond donors (Lipinski definition) is 4. The molecule has 2 aromatic carbocycles. The molecule has 0 unspecified atom stereocenters. The third-order valence-electron chi connectivity index (χ3n) is 8.77. The Morgan fingerprint density at radius 2 is 1.12 bits per heavy atom. The van der Waals surface area contributed by atoms with E-state index < -0.39 is 0 Å². The number of nitrogens with one attached hydrogen (secondary N) is 4. The average molecular weight is 807 g/mol. The number of ether oxygens (including phenoxy) is 3. The van der Waals surface area contributed by atoms with Crippen molar-refractivity contribution in [1.29, 1.82) is 0 Å². The van der Waals surface area contributed by atoms with Crippen molar-refractivity contribution in [2.75, 3.05) is 73.9 Å². The normalized spacial score (nSPS) is 14.9. The van der Waals surface area contributed by atoms with Crippen LogP contribution in [0.15, 0.2) is 48.8 Å². The summed E-state index contributed by atoms with van der Waals surface area (Å²) >= 11 is 3.02. The Hall–Kier alpha value is -4.28. The second kappa shape index (κ2) is 21.9. The van der Waals surface area contributed by atoms with Crippen LogP contribution in [0.25, 0.3) is 0 Å². The molecule has 2 aromatic heterocycles. The van der Waals surface area contributed by atoms with E-state index in [4.69, 9.17) is 14.2 Å². The third-order valence-corrected chi connectivity index (χ3v) is 10.6. The Morgan fingerprint density at radius 3 is 1.57 bits per heavy atom. The number of urea groups is 2. The number of benzene rings is 2. The van der Waals surface area contributed by atoms with E-state index in [0.29, 0.717) is 58.2 Å². The molecule has 304 valence electrons. The van der Waals surface area contributed by atoms with Gasteiger partial charge in [-0.1, -0.05) is 46.2 Å². The number of amides is 4. The lowest BCUT2D eigenvalue weighted by Crippen LogP contribution is -2.35. The number of nitrogens with zero attached hydrogens (tertiary/aromatic N) is 4. The molecule has 2 aliphatic heterocycles. The van der Waals surface area contributed by atoms with Crippen LogP contribution >= 0.6 is 22.7 Å². The molecule has 4 aromatic rings. The molecular formula is C41H58N8O5S2. The minimum atomic E-state index is -0.328. The first-order valence-corrected chi connectivity index (χ1v) is 21.2. The summed E-state index contributed by atoms with van der Waals surface area (Å²) in [5.74, 6) is 2.18. The molecule has 4 N–H and O–H groups in total. The van der Waals surface area contributed by atoms with Crippen molar-refractivity contribution >= 4 is 56.4 Å². The molecule has 2 saturated heterocycles. The molecule has 56 heavy (non-hydrogen) atoms. The maximum absolute atomic E-state index is 12.4. The molecule has 6 rings (SSSR count). The van der Waals surface area contributed by atoms with Gasteiger partial charge >= 0.3 is 12.1 Å². The SMILES string of the molecule is Cc1ccc(NC(=O)Nc2ncc(CN3CCCCC3)s2)c(OCC(C)C)c1.Cc1ccc(NC(=O)Nc2ncc(CN3CCOCC3)s2)c(OCC(C)C)c1. The number of thiazole rings is 2. The van der Waals surface area contributed by atoms with Crippen molar-refractivity contribution in [2.24, 2.45) is 11.8 Å². The molecule has 15 heteroatoms. The third kappa shape index (κ3) is 14.7. The second-order valence-electron chi connectivity index (χ2n) is 15.1. The smallest absolute Gasteiger partial charge is 0.325 e. The van der Waals surface area contributed by atoms with Crippen molar-refractivity contribution in [3.8, 4) is 11.5 Å². The van der Waals surface area contributed by atoms with Crippen molar-refractivity contribution in [2.45, 2.75) is 73.9 Å². The highest BCUT2D eigenvalue weighted by atomic mass is 32.1. The van der Waals surface area contributed by atoms with Gasteiger partial charge in [0.25, 0.3) is 0 Å². The lowest BCUT2D eigenvalue weighted by Gasteiger charge is -2.25. The number of morpholine rings is 1. The van der Waals surface area contributed by atoms with Gasteiger partial charge in [-0.3, -0.25) is 20.4 Å². The molecule has 0 radical (unpaired) electrons. The second-order valence-corrected chi connectivity index (χ2v) is 17.3. The molecule has 4 heterocycles. The van der Waals surface area contributed by atoms with Crippen LogP contribution in [0.2, 0.25) is 0 Å².